The fourth-order valence-corrected chi connectivity index (χ4v) is 2.05. The number of benzene rings is 1. The molecule has 1 aromatic carbocycles. The first-order valence-electron chi connectivity index (χ1n) is 6.75. The second kappa shape index (κ2) is 8.48. The van der Waals surface area contributed by atoms with Crippen LogP contribution in [0, 0.1) is 0 Å². The van der Waals surface area contributed by atoms with Gasteiger partial charge in [-0.1, -0.05) is 56.3 Å². The zero-order valence-electron chi connectivity index (χ0n) is 12.0. The van der Waals surface area contributed by atoms with Crippen molar-refractivity contribution in [1.29, 1.82) is 0 Å². The van der Waals surface area contributed by atoms with E-state index in [9.17, 15) is 4.79 Å². The standard InChI is InChI=1S/C16H23NO2/c1-4-17(5-2)15(13-16(18)19-3)12-11-14-9-7-6-8-10-14/h6-12,15H,4-5,13H2,1-3H3/b12-11+/t15-/m1/s1. The Kier molecular flexibility index (Phi) is 6.90. The minimum absolute atomic E-state index is 0.0858. The average Bonchev–Trinajstić information content (AvgIpc) is 2.46. The molecular formula is C16H23NO2. The molecule has 0 aliphatic carbocycles. The summed E-state index contributed by atoms with van der Waals surface area (Å²) < 4.78 is 4.77. The molecule has 0 spiro atoms. The van der Waals surface area contributed by atoms with E-state index in [0.29, 0.717) is 6.42 Å². The van der Waals surface area contributed by atoms with E-state index in [1.807, 2.05) is 30.3 Å². The maximum absolute atomic E-state index is 11.5. The van der Waals surface area contributed by atoms with Crippen molar-refractivity contribution in [2.24, 2.45) is 0 Å². The van der Waals surface area contributed by atoms with Gasteiger partial charge < -0.3 is 4.74 Å². The smallest absolute Gasteiger partial charge is 0.307 e. The van der Waals surface area contributed by atoms with E-state index in [-0.39, 0.29) is 12.0 Å². The average molecular weight is 261 g/mol. The van der Waals surface area contributed by atoms with Gasteiger partial charge in [-0.25, -0.2) is 0 Å². The number of nitrogens with zero attached hydrogens (tertiary/aromatic N) is 1. The number of hydrogen-bond acceptors (Lipinski definition) is 3. The molecule has 0 saturated carbocycles. The van der Waals surface area contributed by atoms with Crippen LogP contribution in [0.25, 0.3) is 6.08 Å². The predicted octanol–water partition coefficient (Wildman–Crippen LogP) is 2.97. The fraction of sp³-hybridized carbons (Fsp3) is 0.438. The molecule has 1 atom stereocenters. The minimum Gasteiger partial charge on any atom is -0.469 e. The van der Waals surface area contributed by atoms with Gasteiger partial charge in [0.2, 0.25) is 0 Å². The Morgan fingerprint density at radius 2 is 1.89 bits per heavy atom. The first-order valence-corrected chi connectivity index (χ1v) is 6.75. The lowest BCUT2D eigenvalue weighted by molar-refractivity contribution is -0.141. The zero-order chi connectivity index (χ0) is 14.1. The molecule has 0 bridgehead atoms. The quantitative estimate of drug-likeness (QED) is 0.707. The van der Waals surface area contributed by atoms with Crippen molar-refractivity contribution < 1.29 is 9.53 Å². The molecule has 0 amide bonds. The van der Waals surface area contributed by atoms with Crippen LogP contribution in [0.5, 0.6) is 0 Å². The van der Waals surface area contributed by atoms with Gasteiger partial charge in [0.05, 0.1) is 13.5 Å². The molecule has 0 aliphatic rings. The first kappa shape index (κ1) is 15.4. The van der Waals surface area contributed by atoms with Gasteiger partial charge >= 0.3 is 5.97 Å². The lowest BCUT2D eigenvalue weighted by Gasteiger charge is -2.26. The van der Waals surface area contributed by atoms with Crippen molar-refractivity contribution >= 4 is 12.0 Å². The summed E-state index contributed by atoms with van der Waals surface area (Å²) in [6.45, 7) is 6.03. The number of hydrogen-bond donors (Lipinski definition) is 0. The van der Waals surface area contributed by atoms with Crippen LogP contribution in [-0.2, 0) is 9.53 Å². The van der Waals surface area contributed by atoms with Gasteiger partial charge in [0.25, 0.3) is 0 Å². The van der Waals surface area contributed by atoms with Crippen LogP contribution in [-0.4, -0.2) is 37.1 Å². The van der Waals surface area contributed by atoms with Crippen LogP contribution in [0.2, 0.25) is 0 Å². The molecule has 1 rings (SSSR count). The van der Waals surface area contributed by atoms with Crippen LogP contribution < -0.4 is 0 Å². The van der Waals surface area contributed by atoms with Crippen molar-refractivity contribution in [2.75, 3.05) is 20.2 Å². The largest absolute Gasteiger partial charge is 0.469 e. The maximum Gasteiger partial charge on any atom is 0.307 e. The van der Waals surface area contributed by atoms with E-state index < -0.39 is 0 Å². The third kappa shape index (κ3) is 5.26. The second-order valence-corrected chi connectivity index (χ2v) is 4.34. The summed E-state index contributed by atoms with van der Waals surface area (Å²) in [5.41, 5.74) is 1.14. The summed E-state index contributed by atoms with van der Waals surface area (Å²) >= 11 is 0. The minimum atomic E-state index is -0.172. The second-order valence-electron chi connectivity index (χ2n) is 4.34. The van der Waals surface area contributed by atoms with Crippen molar-refractivity contribution in [3.05, 3.63) is 42.0 Å². The van der Waals surface area contributed by atoms with Crippen LogP contribution >= 0.6 is 0 Å². The Morgan fingerprint density at radius 3 is 2.42 bits per heavy atom. The predicted molar refractivity (Wildman–Crippen MR) is 78.8 cm³/mol. The third-order valence-corrected chi connectivity index (χ3v) is 3.20. The van der Waals surface area contributed by atoms with Crippen molar-refractivity contribution in [2.45, 2.75) is 26.3 Å². The number of rotatable bonds is 7. The van der Waals surface area contributed by atoms with Gasteiger partial charge in [-0.3, -0.25) is 9.69 Å². The summed E-state index contributed by atoms with van der Waals surface area (Å²) in [5.74, 6) is -0.172. The van der Waals surface area contributed by atoms with E-state index in [1.165, 1.54) is 7.11 Å². The molecule has 0 saturated heterocycles. The number of ether oxygens (including phenoxy) is 1. The Bertz CT molecular complexity index is 396. The molecular weight excluding hydrogens is 238 g/mol. The van der Waals surface area contributed by atoms with E-state index in [1.54, 1.807) is 0 Å². The van der Waals surface area contributed by atoms with Gasteiger partial charge in [-0.05, 0) is 18.7 Å². The number of esters is 1. The molecule has 19 heavy (non-hydrogen) atoms. The van der Waals surface area contributed by atoms with E-state index >= 15 is 0 Å². The van der Waals surface area contributed by atoms with Crippen LogP contribution in [0.4, 0.5) is 0 Å². The summed E-state index contributed by atoms with van der Waals surface area (Å²) in [6.07, 6.45) is 4.53. The highest BCUT2D eigenvalue weighted by molar-refractivity contribution is 5.70. The molecule has 3 nitrogen and oxygen atoms in total. The SMILES string of the molecule is CCN(CC)[C@H](/C=C/c1ccccc1)CC(=O)OC. The Hall–Kier alpha value is -1.61. The van der Waals surface area contributed by atoms with E-state index in [2.05, 4.69) is 30.9 Å². The molecule has 0 radical (unpaired) electrons. The molecule has 1 aromatic rings. The summed E-state index contributed by atoms with van der Waals surface area (Å²) in [6, 6.07) is 10.2. The van der Waals surface area contributed by atoms with Crippen LogP contribution in [0.15, 0.2) is 36.4 Å². The van der Waals surface area contributed by atoms with Crippen molar-refractivity contribution in [1.82, 2.24) is 4.90 Å². The summed E-state index contributed by atoms with van der Waals surface area (Å²) in [4.78, 5) is 13.7. The number of likely N-dealkylation sites (N-methyl/N-ethyl adjacent to an activating group) is 1. The molecule has 0 heterocycles. The monoisotopic (exact) mass is 261 g/mol. The summed E-state index contributed by atoms with van der Waals surface area (Å²) in [5, 5.41) is 0. The number of carbonyl (C=O) groups is 1. The molecule has 0 fully saturated rings. The number of methoxy groups -OCH3 is 1. The normalized spacial score (nSPS) is 12.8. The Balaban J connectivity index is 2.78. The lowest BCUT2D eigenvalue weighted by atomic mass is 10.1. The van der Waals surface area contributed by atoms with Gasteiger partial charge in [-0.2, -0.15) is 0 Å². The zero-order valence-corrected chi connectivity index (χ0v) is 12.0. The van der Waals surface area contributed by atoms with Crippen molar-refractivity contribution in [3.63, 3.8) is 0 Å². The molecule has 3 heteroatoms. The molecule has 104 valence electrons. The summed E-state index contributed by atoms with van der Waals surface area (Å²) in [7, 11) is 1.43. The Morgan fingerprint density at radius 1 is 1.26 bits per heavy atom. The van der Waals surface area contributed by atoms with Gasteiger partial charge in [0.15, 0.2) is 0 Å². The van der Waals surface area contributed by atoms with Gasteiger partial charge in [0.1, 0.15) is 0 Å². The topological polar surface area (TPSA) is 29.5 Å². The van der Waals surface area contributed by atoms with Gasteiger partial charge in [-0.15, -0.1) is 0 Å². The van der Waals surface area contributed by atoms with E-state index in [4.69, 9.17) is 4.74 Å². The van der Waals surface area contributed by atoms with Gasteiger partial charge in [0, 0.05) is 6.04 Å². The van der Waals surface area contributed by atoms with E-state index in [0.717, 1.165) is 18.7 Å². The fourth-order valence-electron chi connectivity index (χ4n) is 2.05. The highest BCUT2D eigenvalue weighted by Gasteiger charge is 2.16. The molecule has 0 N–H and O–H groups in total. The van der Waals surface area contributed by atoms with Crippen LogP contribution in [0.1, 0.15) is 25.8 Å². The maximum atomic E-state index is 11.5. The highest BCUT2D eigenvalue weighted by atomic mass is 16.5. The first-order chi connectivity index (χ1) is 9.21. The number of carbonyl (C=O) groups excluding carboxylic acids is 1. The Labute approximate surface area is 115 Å². The third-order valence-electron chi connectivity index (χ3n) is 3.20. The highest BCUT2D eigenvalue weighted by Crippen LogP contribution is 2.10. The van der Waals surface area contributed by atoms with Crippen molar-refractivity contribution in [3.8, 4) is 0 Å². The molecule has 0 unspecified atom stereocenters. The molecule has 0 aromatic heterocycles. The van der Waals surface area contributed by atoms with Crippen LogP contribution in [0.3, 0.4) is 0 Å². The molecule has 0 aliphatic heterocycles. The lowest BCUT2D eigenvalue weighted by Crippen LogP contribution is -2.35.